The molecule has 1 fully saturated rings. The lowest BCUT2D eigenvalue weighted by molar-refractivity contribution is 0.122. The molecule has 0 aliphatic carbocycles. The molecule has 0 atom stereocenters. The van der Waals surface area contributed by atoms with Gasteiger partial charge in [0, 0.05) is 19.3 Å². The van der Waals surface area contributed by atoms with E-state index in [4.69, 9.17) is 14.2 Å². The van der Waals surface area contributed by atoms with Crippen LogP contribution in [0.3, 0.4) is 0 Å². The van der Waals surface area contributed by atoms with E-state index in [0.717, 1.165) is 11.1 Å². The molecular weight excluding hydrogens is 348 g/mol. The summed E-state index contributed by atoms with van der Waals surface area (Å²) >= 11 is 0. The van der Waals surface area contributed by atoms with E-state index in [-0.39, 0.29) is 5.56 Å². The topological polar surface area (TPSA) is 89.6 Å². The van der Waals surface area contributed by atoms with Crippen LogP contribution in [0.15, 0.2) is 35.3 Å². The van der Waals surface area contributed by atoms with E-state index in [1.54, 1.807) is 26.5 Å². The maximum Gasteiger partial charge on any atom is 0.262 e. The molecule has 0 spiro atoms. The first kappa shape index (κ1) is 17.3. The predicted molar refractivity (Wildman–Crippen MR) is 102 cm³/mol. The lowest BCUT2D eigenvalue weighted by Crippen LogP contribution is -2.38. The molecule has 3 aromatic rings. The maximum atomic E-state index is 12.9. The summed E-state index contributed by atoms with van der Waals surface area (Å²) in [4.78, 5) is 26.6. The number of nitrogens with one attached hydrogen (secondary N) is 1. The van der Waals surface area contributed by atoms with Crippen molar-refractivity contribution in [2.75, 3.05) is 45.4 Å². The molecule has 8 nitrogen and oxygen atoms in total. The van der Waals surface area contributed by atoms with Gasteiger partial charge in [-0.2, -0.15) is 4.98 Å². The minimum atomic E-state index is -0.223. The first-order valence-electron chi connectivity index (χ1n) is 8.65. The average Bonchev–Trinajstić information content (AvgIpc) is 2.73. The van der Waals surface area contributed by atoms with Gasteiger partial charge in [0.2, 0.25) is 5.95 Å². The Morgan fingerprint density at radius 1 is 1.11 bits per heavy atom. The van der Waals surface area contributed by atoms with Crippen LogP contribution in [0, 0.1) is 0 Å². The second-order valence-electron chi connectivity index (χ2n) is 6.12. The number of H-pyrrole nitrogens is 1. The molecule has 0 radical (unpaired) electrons. The maximum absolute atomic E-state index is 12.9. The number of pyridine rings is 1. The van der Waals surface area contributed by atoms with E-state index < -0.39 is 0 Å². The molecule has 2 aromatic heterocycles. The van der Waals surface area contributed by atoms with Crippen LogP contribution in [-0.2, 0) is 4.74 Å². The Morgan fingerprint density at radius 2 is 1.89 bits per heavy atom. The molecule has 4 rings (SSSR count). The van der Waals surface area contributed by atoms with Gasteiger partial charge in [0.05, 0.1) is 32.8 Å². The SMILES string of the molecule is COc1ccc(-c2ccnc3nc(N4CCOCC4)[nH]c(=O)c23)cc1OC. The van der Waals surface area contributed by atoms with Crippen molar-refractivity contribution in [3.05, 3.63) is 40.8 Å². The fourth-order valence-corrected chi connectivity index (χ4v) is 3.22. The van der Waals surface area contributed by atoms with Gasteiger partial charge >= 0.3 is 0 Å². The van der Waals surface area contributed by atoms with E-state index in [1.165, 1.54) is 0 Å². The number of aromatic nitrogens is 3. The van der Waals surface area contributed by atoms with Crippen molar-refractivity contribution in [1.29, 1.82) is 0 Å². The zero-order valence-electron chi connectivity index (χ0n) is 15.2. The molecule has 0 unspecified atom stereocenters. The molecule has 0 saturated carbocycles. The minimum absolute atomic E-state index is 0.223. The smallest absolute Gasteiger partial charge is 0.262 e. The van der Waals surface area contributed by atoms with Crippen LogP contribution in [0.1, 0.15) is 0 Å². The monoisotopic (exact) mass is 368 g/mol. The minimum Gasteiger partial charge on any atom is -0.493 e. The second kappa shape index (κ2) is 7.24. The van der Waals surface area contributed by atoms with Gasteiger partial charge in [-0.25, -0.2) is 4.98 Å². The number of morpholine rings is 1. The molecule has 0 bridgehead atoms. The first-order valence-corrected chi connectivity index (χ1v) is 8.65. The van der Waals surface area contributed by atoms with Crippen molar-refractivity contribution >= 4 is 17.0 Å². The molecule has 0 amide bonds. The molecule has 27 heavy (non-hydrogen) atoms. The molecule has 8 heteroatoms. The van der Waals surface area contributed by atoms with Crippen molar-refractivity contribution in [2.24, 2.45) is 0 Å². The van der Waals surface area contributed by atoms with Gasteiger partial charge in [-0.05, 0) is 29.3 Å². The molecule has 1 aliphatic rings. The summed E-state index contributed by atoms with van der Waals surface area (Å²) in [6.45, 7) is 2.59. The summed E-state index contributed by atoms with van der Waals surface area (Å²) in [7, 11) is 3.16. The van der Waals surface area contributed by atoms with Crippen LogP contribution in [0.4, 0.5) is 5.95 Å². The third-order valence-corrected chi connectivity index (χ3v) is 4.60. The highest BCUT2D eigenvalue weighted by molar-refractivity contribution is 5.92. The molecule has 1 N–H and O–H groups in total. The van der Waals surface area contributed by atoms with Gasteiger partial charge in [0.15, 0.2) is 17.1 Å². The molecule has 140 valence electrons. The number of anilines is 1. The largest absolute Gasteiger partial charge is 0.493 e. The van der Waals surface area contributed by atoms with Gasteiger partial charge in [-0.3, -0.25) is 9.78 Å². The van der Waals surface area contributed by atoms with Crippen LogP contribution in [0.5, 0.6) is 11.5 Å². The summed E-state index contributed by atoms with van der Waals surface area (Å²) in [6.07, 6.45) is 1.66. The summed E-state index contributed by atoms with van der Waals surface area (Å²) < 4.78 is 16.0. The number of benzene rings is 1. The molecule has 1 aliphatic heterocycles. The number of fused-ring (bicyclic) bond motifs is 1. The van der Waals surface area contributed by atoms with Crippen molar-refractivity contribution in [3.8, 4) is 22.6 Å². The summed E-state index contributed by atoms with van der Waals surface area (Å²) in [5, 5.41) is 0.446. The van der Waals surface area contributed by atoms with E-state index >= 15 is 0 Å². The molecule has 1 aromatic carbocycles. The highest BCUT2D eigenvalue weighted by Gasteiger charge is 2.17. The predicted octanol–water partition coefficient (Wildman–Crippen LogP) is 1.84. The van der Waals surface area contributed by atoms with Gasteiger partial charge < -0.3 is 19.1 Å². The summed E-state index contributed by atoms with van der Waals surface area (Å²) in [6, 6.07) is 7.33. The number of methoxy groups -OCH3 is 2. The fourth-order valence-electron chi connectivity index (χ4n) is 3.22. The van der Waals surface area contributed by atoms with E-state index in [9.17, 15) is 4.79 Å². The number of hydrogen-bond donors (Lipinski definition) is 1. The zero-order chi connectivity index (χ0) is 18.8. The highest BCUT2D eigenvalue weighted by Crippen LogP contribution is 2.34. The first-order chi connectivity index (χ1) is 13.2. The fraction of sp³-hybridized carbons (Fsp3) is 0.316. The van der Waals surface area contributed by atoms with Gasteiger partial charge in [-0.1, -0.05) is 6.07 Å². The van der Waals surface area contributed by atoms with E-state index in [2.05, 4.69) is 15.0 Å². The Bertz CT molecular complexity index is 1030. The molecule has 1 saturated heterocycles. The molecule has 3 heterocycles. The van der Waals surface area contributed by atoms with Crippen molar-refractivity contribution in [2.45, 2.75) is 0 Å². The quantitative estimate of drug-likeness (QED) is 0.751. The van der Waals surface area contributed by atoms with Crippen molar-refractivity contribution in [1.82, 2.24) is 15.0 Å². The Kier molecular flexibility index (Phi) is 4.64. The third-order valence-electron chi connectivity index (χ3n) is 4.60. The molecular formula is C19H20N4O4. The number of nitrogens with zero attached hydrogens (tertiary/aromatic N) is 3. The number of hydrogen-bond acceptors (Lipinski definition) is 7. The summed E-state index contributed by atoms with van der Waals surface area (Å²) in [5.41, 5.74) is 1.75. The van der Waals surface area contributed by atoms with Gasteiger partial charge in [-0.15, -0.1) is 0 Å². The highest BCUT2D eigenvalue weighted by atomic mass is 16.5. The van der Waals surface area contributed by atoms with Crippen LogP contribution in [-0.4, -0.2) is 55.5 Å². The Hall–Kier alpha value is -3.13. The Labute approximate surface area is 155 Å². The normalized spacial score (nSPS) is 14.4. The summed E-state index contributed by atoms with van der Waals surface area (Å²) in [5.74, 6) is 1.74. The third kappa shape index (κ3) is 3.19. The van der Waals surface area contributed by atoms with Crippen molar-refractivity contribution in [3.63, 3.8) is 0 Å². The van der Waals surface area contributed by atoms with Crippen LogP contribution in [0.2, 0.25) is 0 Å². The zero-order valence-corrected chi connectivity index (χ0v) is 15.2. The van der Waals surface area contributed by atoms with Crippen LogP contribution in [0.25, 0.3) is 22.2 Å². The Morgan fingerprint density at radius 3 is 2.63 bits per heavy atom. The van der Waals surface area contributed by atoms with Crippen molar-refractivity contribution < 1.29 is 14.2 Å². The lowest BCUT2D eigenvalue weighted by atomic mass is 10.0. The average molecular weight is 368 g/mol. The lowest BCUT2D eigenvalue weighted by Gasteiger charge is -2.27. The van der Waals surface area contributed by atoms with Gasteiger partial charge in [0.1, 0.15) is 0 Å². The van der Waals surface area contributed by atoms with Crippen LogP contribution < -0.4 is 19.9 Å². The van der Waals surface area contributed by atoms with E-state index in [0.29, 0.717) is 54.8 Å². The van der Waals surface area contributed by atoms with Gasteiger partial charge in [0.25, 0.3) is 5.56 Å². The second-order valence-corrected chi connectivity index (χ2v) is 6.12. The number of ether oxygens (including phenoxy) is 3. The number of aromatic amines is 1. The standard InChI is InChI=1S/C19H20N4O4/c1-25-14-4-3-12(11-15(14)26-2)13-5-6-20-17-16(13)18(24)22-19(21-17)23-7-9-27-10-8-23/h3-6,11H,7-10H2,1-2H3,(H,20,21,22,24). The van der Waals surface area contributed by atoms with E-state index in [1.807, 2.05) is 23.1 Å². The number of rotatable bonds is 4. The van der Waals surface area contributed by atoms with Crippen LogP contribution >= 0.6 is 0 Å². The Balaban J connectivity index is 1.84.